The van der Waals surface area contributed by atoms with Crippen molar-refractivity contribution in [3.05, 3.63) is 61.9 Å². The summed E-state index contributed by atoms with van der Waals surface area (Å²) in [4.78, 5) is 38.3. The summed E-state index contributed by atoms with van der Waals surface area (Å²) in [5, 5.41) is 24.1. The van der Waals surface area contributed by atoms with E-state index in [0.717, 1.165) is 11.1 Å². The van der Waals surface area contributed by atoms with Gasteiger partial charge in [-0.25, -0.2) is 0 Å². The van der Waals surface area contributed by atoms with Gasteiger partial charge in [0.25, 0.3) is 5.91 Å². The second kappa shape index (κ2) is 10.7. The molecule has 0 aliphatic rings. The third-order valence-electron chi connectivity index (χ3n) is 4.62. The van der Waals surface area contributed by atoms with Crippen LogP contribution in [0, 0.1) is 30.9 Å². The Morgan fingerprint density at radius 1 is 1.18 bits per heavy atom. The zero-order valence-electron chi connectivity index (χ0n) is 18.6. The fourth-order valence-corrected chi connectivity index (χ4v) is 3.04. The molecule has 0 bridgehead atoms. The normalized spacial score (nSPS) is 10.7. The molecule has 13 nitrogen and oxygen atoms in total. The Morgan fingerprint density at radius 3 is 2.50 bits per heavy atom. The molecule has 0 unspecified atom stereocenters. The zero-order valence-corrected chi connectivity index (χ0v) is 19.4. The number of carbonyl (C=O) groups is 2. The molecule has 0 saturated heterocycles. The van der Waals surface area contributed by atoms with Gasteiger partial charge < -0.3 is 30.0 Å². The molecule has 3 rings (SSSR count). The van der Waals surface area contributed by atoms with Crippen LogP contribution < -0.4 is 15.4 Å². The number of nitrogens with one attached hydrogen (secondary N) is 2. The molecule has 14 heteroatoms. The standard InChI is InChI=1S/C20H22ClN7O6/c1-11-6-14(7-12(2)18(11)21)33-10-17(29)22-4-5-23-19(30)20-24-15(26-34-20)9-27-13(3)8-16(25-27)28(31)32/h6-8H,4-5,9-10H2,1-3H3,(H,22,29)(H,23,30). The summed E-state index contributed by atoms with van der Waals surface area (Å²) in [6, 6.07) is 4.80. The van der Waals surface area contributed by atoms with Crippen LogP contribution in [0.2, 0.25) is 5.02 Å². The van der Waals surface area contributed by atoms with E-state index in [2.05, 4.69) is 25.9 Å². The SMILES string of the molecule is Cc1cc(OCC(=O)NCCNC(=O)c2nc(Cn3nc([N+](=O)[O-])cc3C)no2)cc(C)c1Cl. The predicted molar refractivity (Wildman–Crippen MR) is 119 cm³/mol. The van der Waals surface area contributed by atoms with E-state index in [1.807, 2.05) is 13.8 Å². The maximum absolute atomic E-state index is 12.2. The summed E-state index contributed by atoms with van der Waals surface area (Å²) < 4.78 is 11.7. The van der Waals surface area contributed by atoms with Crippen molar-refractivity contribution in [1.82, 2.24) is 30.6 Å². The lowest BCUT2D eigenvalue weighted by atomic mass is 10.1. The first-order valence-electron chi connectivity index (χ1n) is 10.1. The molecule has 0 aliphatic carbocycles. The molecule has 180 valence electrons. The largest absolute Gasteiger partial charge is 0.484 e. The highest BCUT2D eigenvalue weighted by Gasteiger charge is 2.19. The van der Waals surface area contributed by atoms with Gasteiger partial charge in [-0.1, -0.05) is 16.8 Å². The molecule has 0 saturated carbocycles. The van der Waals surface area contributed by atoms with Crippen molar-refractivity contribution in [2.75, 3.05) is 19.7 Å². The van der Waals surface area contributed by atoms with Gasteiger partial charge >= 0.3 is 17.6 Å². The summed E-state index contributed by atoms with van der Waals surface area (Å²) >= 11 is 6.11. The number of benzene rings is 1. The summed E-state index contributed by atoms with van der Waals surface area (Å²) in [6.45, 7) is 5.43. The number of nitro groups is 1. The highest BCUT2D eigenvalue weighted by molar-refractivity contribution is 6.32. The van der Waals surface area contributed by atoms with Crippen LogP contribution in [0.1, 0.15) is 33.3 Å². The Labute approximate surface area is 198 Å². The number of rotatable bonds is 10. The van der Waals surface area contributed by atoms with Crippen LogP contribution in [0.4, 0.5) is 5.82 Å². The van der Waals surface area contributed by atoms with Gasteiger partial charge in [0.2, 0.25) is 0 Å². The lowest BCUT2D eigenvalue weighted by Crippen LogP contribution is -2.36. The molecule has 2 heterocycles. The third-order valence-corrected chi connectivity index (χ3v) is 5.22. The maximum Gasteiger partial charge on any atom is 0.390 e. The van der Waals surface area contributed by atoms with Crippen molar-refractivity contribution in [1.29, 1.82) is 0 Å². The minimum absolute atomic E-state index is 0.000814. The smallest absolute Gasteiger partial charge is 0.390 e. The predicted octanol–water partition coefficient (Wildman–Crippen LogP) is 1.73. The average molecular weight is 492 g/mol. The molecule has 0 aliphatic heterocycles. The van der Waals surface area contributed by atoms with Crippen LogP contribution in [0.5, 0.6) is 5.75 Å². The van der Waals surface area contributed by atoms with Gasteiger partial charge in [0.15, 0.2) is 12.4 Å². The van der Waals surface area contributed by atoms with Crippen LogP contribution in [0.3, 0.4) is 0 Å². The second-order valence-electron chi connectivity index (χ2n) is 7.34. The Kier molecular flexibility index (Phi) is 7.79. The second-order valence-corrected chi connectivity index (χ2v) is 7.72. The average Bonchev–Trinajstić information content (AvgIpc) is 3.40. The number of halogens is 1. The molecular weight excluding hydrogens is 470 g/mol. The molecule has 2 aromatic heterocycles. The molecule has 0 spiro atoms. The van der Waals surface area contributed by atoms with E-state index < -0.39 is 10.8 Å². The molecule has 0 atom stereocenters. The first kappa shape index (κ1) is 24.6. The molecule has 0 fully saturated rings. The first-order valence-corrected chi connectivity index (χ1v) is 10.5. The summed E-state index contributed by atoms with van der Waals surface area (Å²) in [6.07, 6.45) is 0. The highest BCUT2D eigenvalue weighted by atomic mass is 35.5. The Bertz CT molecular complexity index is 1200. The first-order chi connectivity index (χ1) is 16.1. The van der Waals surface area contributed by atoms with Crippen molar-refractivity contribution in [3.8, 4) is 5.75 Å². The summed E-state index contributed by atoms with van der Waals surface area (Å²) in [5.74, 6) is -0.899. The summed E-state index contributed by atoms with van der Waals surface area (Å²) in [7, 11) is 0. The Morgan fingerprint density at radius 2 is 1.85 bits per heavy atom. The number of aryl methyl sites for hydroxylation is 3. The number of carbonyl (C=O) groups excluding carboxylic acids is 2. The van der Waals surface area contributed by atoms with E-state index >= 15 is 0 Å². The fourth-order valence-electron chi connectivity index (χ4n) is 2.93. The topological polar surface area (TPSA) is 167 Å². The number of ether oxygens (including phenoxy) is 1. The minimum Gasteiger partial charge on any atom is -0.484 e. The highest BCUT2D eigenvalue weighted by Crippen LogP contribution is 2.25. The van der Waals surface area contributed by atoms with E-state index in [0.29, 0.717) is 16.5 Å². The van der Waals surface area contributed by atoms with Gasteiger partial charge in [0.05, 0.1) is 16.9 Å². The molecule has 1 aromatic carbocycles. The number of nitrogens with zero attached hydrogens (tertiary/aromatic N) is 5. The van der Waals surface area contributed by atoms with Crippen LogP contribution >= 0.6 is 11.6 Å². The van der Waals surface area contributed by atoms with Crippen LogP contribution in [-0.4, -0.2) is 56.4 Å². The van der Waals surface area contributed by atoms with Gasteiger partial charge in [0.1, 0.15) is 12.3 Å². The number of aromatic nitrogens is 4. The lowest BCUT2D eigenvalue weighted by molar-refractivity contribution is -0.389. The van der Waals surface area contributed by atoms with Crippen molar-refractivity contribution in [3.63, 3.8) is 0 Å². The van der Waals surface area contributed by atoms with Crippen LogP contribution in [0.15, 0.2) is 22.7 Å². The summed E-state index contributed by atoms with van der Waals surface area (Å²) in [5.41, 5.74) is 2.23. The minimum atomic E-state index is -0.625. The van der Waals surface area contributed by atoms with Crippen LogP contribution in [0.25, 0.3) is 0 Å². The van der Waals surface area contributed by atoms with Crippen molar-refractivity contribution < 1.29 is 23.8 Å². The van der Waals surface area contributed by atoms with E-state index in [1.54, 1.807) is 19.1 Å². The van der Waals surface area contributed by atoms with Gasteiger partial charge in [-0.2, -0.15) is 9.67 Å². The van der Waals surface area contributed by atoms with Gasteiger partial charge in [-0.05, 0) is 49.0 Å². The molecule has 34 heavy (non-hydrogen) atoms. The van der Waals surface area contributed by atoms with Gasteiger partial charge in [0, 0.05) is 18.1 Å². The molecule has 0 radical (unpaired) electrons. The van der Waals surface area contributed by atoms with Crippen molar-refractivity contribution in [2.24, 2.45) is 0 Å². The van der Waals surface area contributed by atoms with Crippen molar-refractivity contribution in [2.45, 2.75) is 27.3 Å². The molecular formula is C20H22ClN7O6. The maximum atomic E-state index is 12.2. The zero-order chi connectivity index (χ0) is 24.8. The number of hydrogen-bond donors (Lipinski definition) is 2. The van der Waals surface area contributed by atoms with E-state index in [1.165, 1.54) is 10.7 Å². The van der Waals surface area contributed by atoms with Crippen molar-refractivity contribution >= 4 is 29.2 Å². The Balaban J connectivity index is 1.40. The Hall–Kier alpha value is -4.00. The molecule has 3 aromatic rings. The third kappa shape index (κ3) is 6.28. The number of hydrogen-bond acceptors (Lipinski definition) is 9. The monoisotopic (exact) mass is 491 g/mol. The van der Waals surface area contributed by atoms with E-state index in [4.69, 9.17) is 20.9 Å². The van der Waals surface area contributed by atoms with E-state index in [-0.39, 0.29) is 49.7 Å². The molecule has 2 N–H and O–H groups in total. The quantitative estimate of drug-likeness (QED) is 0.243. The number of amides is 2. The molecule has 2 amide bonds. The van der Waals surface area contributed by atoms with Crippen LogP contribution in [-0.2, 0) is 11.3 Å². The fraction of sp³-hybridized carbons (Fsp3) is 0.350. The van der Waals surface area contributed by atoms with Gasteiger partial charge in [-0.15, -0.1) is 0 Å². The van der Waals surface area contributed by atoms with E-state index in [9.17, 15) is 19.7 Å². The lowest BCUT2D eigenvalue weighted by Gasteiger charge is -2.10. The van der Waals surface area contributed by atoms with Gasteiger partial charge in [-0.3, -0.25) is 9.59 Å².